The Labute approximate surface area is 167 Å². The number of ether oxygens (including phenoxy) is 2. The third-order valence-electron chi connectivity index (χ3n) is 5.34. The summed E-state index contributed by atoms with van der Waals surface area (Å²) in [6.45, 7) is 0.355. The first-order chi connectivity index (χ1) is 14.1. The third-order valence-corrected chi connectivity index (χ3v) is 5.34. The van der Waals surface area contributed by atoms with Crippen molar-refractivity contribution in [3.8, 4) is 16.9 Å². The van der Waals surface area contributed by atoms with Crippen LogP contribution in [0.2, 0.25) is 0 Å². The number of H-pyrrole nitrogens is 1. The summed E-state index contributed by atoms with van der Waals surface area (Å²) in [5, 5.41) is 2.94. The van der Waals surface area contributed by atoms with E-state index < -0.39 is 0 Å². The molecule has 144 valence electrons. The highest BCUT2D eigenvalue weighted by molar-refractivity contribution is 6.35. The van der Waals surface area contributed by atoms with Crippen LogP contribution < -0.4 is 10.1 Å². The molecule has 0 spiro atoms. The van der Waals surface area contributed by atoms with Gasteiger partial charge in [0.1, 0.15) is 5.75 Å². The minimum Gasteiger partial charge on any atom is -0.497 e. The van der Waals surface area contributed by atoms with Gasteiger partial charge in [0, 0.05) is 29.6 Å². The van der Waals surface area contributed by atoms with E-state index >= 15 is 0 Å². The summed E-state index contributed by atoms with van der Waals surface area (Å²) >= 11 is 0. The SMILES string of the molecule is COc1ccc(-c2ccc3c(c2)NC(=O)/C3=C\c2[nH]cc3c2CCOC3=O)cc1. The molecule has 3 aromatic rings. The zero-order valence-corrected chi connectivity index (χ0v) is 15.7. The number of hydrogen-bond acceptors (Lipinski definition) is 4. The van der Waals surface area contributed by atoms with Gasteiger partial charge in [0.15, 0.2) is 0 Å². The molecule has 2 aromatic carbocycles. The van der Waals surface area contributed by atoms with Gasteiger partial charge in [-0.15, -0.1) is 0 Å². The lowest BCUT2D eigenvalue weighted by atomic mass is 9.98. The number of anilines is 1. The van der Waals surface area contributed by atoms with Crippen molar-refractivity contribution in [1.29, 1.82) is 0 Å². The first-order valence-corrected chi connectivity index (χ1v) is 9.33. The predicted octanol–water partition coefficient (Wildman–Crippen LogP) is 3.90. The fourth-order valence-corrected chi connectivity index (χ4v) is 3.82. The van der Waals surface area contributed by atoms with Crippen LogP contribution in [0.5, 0.6) is 5.75 Å². The number of cyclic esters (lactones) is 1. The number of benzene rings is 2. The summed E-state index contributed by atoms with van der Waals surface area (Å²) in [5.74, 6) is 0.313. The molecule has 0 fully saturated rings. The van der Waals surface area contributed by atoms with Crippen molar-refractivity contribution >= 4 is 29.2 Å². The maximum absolute atomic E-state index is 12.6. The Morgan fingerprint density at radius 3 is 2.62 bits per heavy atom. The number of rotatable bonds is 3. The second-order valence-electron chi connectivity index (χ2n) is 6.98. The molecule has 0 saturated heterocycles. The van der Waals surface area contributed by atoms with Crippen molar-refractivity contribution in [3.05, 3.63) is 71.0 Å². The molecular formula is C23H18N2O4. The van der Waals surface area contributed by atoms with Gasteiger partial charge >= 0.3 is 5.97 Å². The van der Waals surface area contributed by atoms with Crippen LogP contribution in [-0.4, -0.2) is 30.6 Å². The van der Waals surface area contributed by atoms with Crippen molar-refractivity contribution < 1.29 is 19.1 Å². The maximum Gasteiger partial charge on any atom is 0.339 e. The average molecular weight is 386 g/mol. The van der Waals surface area contributed by atoms with E-state index in [1.54, 1.807) is 13.3 Å². The Hall–Kier alpha value is -3.80. The number of aromatic amines is 1. The van der Waals surface area contributed by atoms with Crippen LogP contribution in [0.3, 0.4) is 0 Å². The highest BCUT2D eigenvalue weighted by Crippen LogP contribution is 2.37. The molecule has 1 amide bonds. The van der Waals surface area contributed by atoms with Crippen LogP contribution in [0.4, 0.5) is 5.69 Å². The summed E-state index contributed by atoms with van der Waals surface area (Å²) < 4.78 is 10.3. The van der Waals surface area contributed by atoms with Gasteiger partial charge in [-0.25, -0.2) is 4.79 Å². The van der Waals surface area contributed by atoms with E-state index in [-0.39, 0.29) is 11.9 Å². The summed E-state index contributed by atoms with van der Waals surface area (Å²) in [5.41, 5.74) is 6.44. The Morgan fingerprint density at radius 1 is 1.03 bits per heavy atom. The largest absolute Gasteiger partial charge is 0.497 e. The van der Waals surface area contributed by atoms with E-state index in [4.69, 9.17) is 9.47 Å². The Morgan fingerprint density at radius 2 is 1.83 bits per heavy atom. The highest BCUT2D eigenvalue weighted by atomic mass is 16.5. The average Bonchev–Trinajstić information content (AvgIpc) is 3.30. The molecule has 5 rings (SSSR count). The zero-order valence-electron chi connectivity index (χ0n) is 15.7. The lowest BCUT2D eigenvalue weighted by Gasteiger charge is -2.12. The molecule has 0 saturated carbocycles. The number of fused-ring (bicyclic) bond motifs is 2. The first kappa shape index (κ1) is 17.3. The minimum absolute atomic E-state index is 0.159. The maximum atomic E-state index is 12.6. The summed E-state index contributed by atoms with van der Waals surface area (Å²) in [6, 6.07) is 13.7. The molecule has 2 aliphatic heterocycles. The van der Waals surface area contributed by atoms with Crippen molar-refractivity contribution in [2.75, 3.05) is 19.0 Å². The zero-order chi connectivity index (χ0) is 20.0. The molecule has 0 radical (unpaired) electrons. The van der Waals surface area contributed by atoms with E-state index in [9.17, 15) is 9.59 Å². The highest BCUT2D eigenvalue weighted by Gasteiger charge is 2.27. The summed E-state index contributed by atoms with van der Waals surface area (Å²) in [4.78, 5) is 27.6. The standard InChI is InChI=1S/C23H18N2O4/c1-28-15-5-2-13(3-6-15)14-4-7-16-18(22(26)25-21(16)10-14)11-20-17-8-9-29-23(27)19(17)12-24-20/h2-7,10-12,24H,8-9H2,1H3,(H,25,26)/b18-11-. The molecule has 6 heteroatoms. The fourth-order valence-electron chi connectivity index (χ4n) is 3.82. The number of amides is 1. The molecule has 2 N–H and O–H groups in total. The third kappa shape index (κ3) is 2.89. The van der Waals surface area contributed by atoms with E-state index in [1.165, 1.54) is 0 Å². The second kappa shape index (κ2) is 6.67. The molecule has 1 aromatic heterocycles. The number of nitrogens with one attached hydrogen (secondary N) is 2. The Balaban J connectivity index is 1.51. The monoisotopic (exact) mass is 386 g/mol. The quantitative estimate of drug-likeness (QED) is 0.529. The van der Waals surface area contributed by atoms with Gasteiger partial charge in [-0.1, -0.05) is 24.3 Å². The molecule has 2 aliphatic rings. The van der Waals surface area contributed by atoms with Gasteiger partial charge in [0.2, 0.25) is 0 Å². The van der Waals surface area contributed by atoms with Gasteiger partial charge in [0.05, 0.1) is 24.9 Å². The molecule has 6 nitrogen and oxygen atoms in total. The molecule has 0 unspecified atom stereocenters. The molecule has 0 atom stereocenters. The number of hydrogen-bond donors (Lipinski definition) is 2. The summed E-state index contributed by atoms with van der Waals surface area (Å²) in [6.07, 6.45) is 4.09. The lowest BCUT2D eigenvalue weighted by molar-refractivity contribution is -0.110. The molecule has 29 heavy (non-hydrogen) atoms. The van der Waals surface area contributed by atoms with Gasteiger partial charge in [-0.3, -0.25) is 4.79 Å². The van der Waals surface area contributed by atoms with Crippen LogP contribution in [0.1, 0.15) is 27.2 Å². The van der Waals surface area contributed by atoms with Crippen molar-refractivity contribution in [2.24, 2.45) is 0 Å². The van der Waals surface area contributed by atoms with Gasteiger partial charge in [-0.2, -0.15) is 0 Å². The number of esters is 1. The molecular weight excluding hydrogens is 368 g/mol. The Kier molecular flexibility index (Phi) is 3.98. The van der Waals surface area contributed by atoms with Crippen LogP contribution >= 0.6 is 0 Å². The fraction of sp³-hybridized carbons (Fsp3) is 0.130. The first-order valence-electron chi connectivity index (χ1n) is 9.33. The van der Waals surface area contributed by atoms with Gasteiger partial charge < -0.3 is 19.8 Å². The van der Waals surface area contributed by atoms with Gasteiger partial charge in [-0.05, 0) is 41.0 Å². The van der Waals surface area contributed by atoms with Crippen LogP contribution in [0.25, 0.3) is 22.8 Å². The molecule has 3 heterocycles. The normalized spacial score (nSPS) is 16.2. The van der Waals surface area contributed by atoms with E-state index in [0.29, 0.717) is 24.2 Å². The smallest absolute Gasteiger partial charge is 0.339 e. The van der Waals surface area contributed by atoms with Crippen LogP contribution in [-0.2, 0) is 16.0 Å². The van der Waals surface area contributed by atoms with Crippen LogP contribution in [0.15, 0.2) is 48.7 Å². The Bertz CT molecular complexity index is 1170. The van der Waals surface area contributed by atoms with E-state index in [0.717, 1.165) is 39.4 Å². The van der Waals surface area contributed by atoms with E-state index in [2.05, 4.69) is 10.3 Å². The second-order valence-corrected chi connectivity index (χ2v) is 6.98. The summed E-state index contributed by atoms with van der Waals surface area (Å²) in [7, 11) is 1.64. The van der Waals surface area contributed by atoms with Gasteiger partial charge in [0.25, 0.3) is 5.91 Å². The lowest BCUT2D eigenvalue weighted by Crippen LogP contribution is -2.16. The van der Waals surface area contributed by atoms with Crippen molar-refractivity contribution in [2.45, 2.75) is 6.42 Å². The predicted molar refractivity (Wildman–Crippen MR) is 110 cm³/mol. The number of aromatic nitrogens is 1. The number of methoxy groups -OCH3 is 1. The van der Waals surface area contributed by atoms with E-state index in [1.807, 2.05) is 48.5 Å². The number of carbonyl (C=O) groups excluding carboxylic acids is 2. The number of carbonyl (C=O) groups is 2. The minimum atomic E-state index is -0.326. The molecule has 0 bridgehead atoms. The van der Waals surface area contributed by atoms with Crippen LogP contribution in [0, 0.1) is 0 Å². The van der Waals surface area contributed by atoms with Crippen molar-refractivity contribution in [1.82, 2.24) is 4.98 Å². The topological polar surface area (TPSA) is 80.4 Å². The molecule has 0 aliphatic carbocycles. The van der Waals surface area contributed by atoms with Crippen molar-refractivity contribution in [3.63, 3.8) is 0 Å².